The van der Waals surface area contributed by atoms with Crippen molar-refractivity contribution in [1.29, 1.82) is 0 Å². The summed E-state index contributed by atoms with van der Waals surface area (Å²) < 4.78 is 38.0. The Morgan fingerprint density at radius 2 is 2.17 bits per heavy atom. The Hall–Kier alpha value is -1.22. The number of thiazole rings is 1. The van der Waals surface area contributed by atoms with Crippen LogP contribution in [0, 0.1) is 0 Å². The summed E-state index contributed by atoms with van der Waals surface area (Å²) in [7, 11) is 0. The summed E-state index contributed by atoms with van der Waals surface area (Å²) >= 11 is 0.717. The highest BCUT2D eigenvalue weighted by Gasteiger charge is 2.34. The summed E-state index contributed by atoms with van der Waals surface area (Å²) in [4.78, 5) is 9.55. The molecule has 2 aromatic rings. The van der Waals surface area contributed by atoms with Gasteiger partial charge in [-0.25, -0.2) is 4.98 Å². The molecule has 3 rings (SSSR count). The minimum atomic E-state index is -4.32. The monoisotopic (exact) mass is 364 g/mol. The molecule has 1 fully saturated rings. The Morgan fingerprint density at radius 1 is 1.35 bits per heavy atom. The van der Waals surface area contributed by atoms with Crippen LogP contribution in [-0.4, -0.2) is 34.5 Å². The molecule has 1 unspecified atom stereocenters. The van der Waals surface area contributed by atoms with E-state index in [-0.39, 0.29) is 18.4 Å². The van der Waals surface area contributed by atoms with Crippen molar-refractivity contribution in [3.8, 4) is 0 Å². The summed E-state index contributed by atoms with van der Waals surface area (Å²) in [5, 5.41) is 3.80. The van der Waals surface area contributed by atoms with Crippen molar-refractivity contribution in [1.82, 2.24) is 20.2 Å². The van der Waals surface area contributed by atoms with Crippen molar-refractivity contribution >= 4 is 23.7 Å². The second kappa shape index (κ2) is 7.57. The first-order chi connectivity index (χ1) is 10.5. The van der Waals surface area contributed by atoms with E-state index in [0.717, 1.165) is 31.4 Å². The first-order valence-electron chi connectivity index (χ1n) is 6.90. The molecule has 1 atom stereocenters. The number of pyridine rings is 1. The first kappa shape index (κ1) is 18.1. The Labute approximate surface area is 142 Å². The quantitative estimate of drug-likeness (QED) is 0.908. The lowest BCUT2D eigenvalue weighted by Gasteiger charge is -2.35. The zero-order valence-corrected chi connectivity index (χ0v) is 13.7. The molecule has 126 valence electrons. The Kier molecular flexibility index (Phi) is 5.96. The van der Waals surface area contributed by atoms with Gasteiger partial charge in [-0.1, -0.05) is 6.07 Å². The molecule has 1 aliphatic rings. The minimum Gasteiger partial charge on any atom is -0.314 e. The molecule has 9 heteroatoms. The highest BCUT2D eigenvalue weighted by molar-refractivity contribution is 7.11. The SMILES string of the molecule is Cl.FC(F)(F)c1cnc(CN2CCNCC2c2cccnc2)s1. The van der Waals surface area contributed by atoms with Crippen molar-refractivity contribution in [2.24, 2.45) is 0 Å². The first-order valence-corrected chi connectivity index (χ1v) is 7.72. The summed E-state index contributed by atoms with van der Waals surface area (Å²) in [6, 6.07) is 3.95. The second-order valence-corrected chi connectivity index (χ2v) is 6.21. The van der Waals surface area contributed by atoms with Crippen molar-refractivity contribution in [3.63, 3.8) is 0 Å². The smallest absolute Gasteiger partial charge is 0.314 e. The number of rotatable bonds is 3. The lowest BCUT2D eigenvalue weighted by Crippen LogP contribution is -2.45. The van der Waals surface area contributed by atoms with Crippen LogP contribution in [0.3, 0.4) is 0 Å². The van der Waals surface area contributed by atoms with Crippen molar-refractivity contribution in [2.45, 2.75) is 18.8 Å². The molecule has 1 N–H and O–H groups in total. The van der Waals surface area contributed by atoms with E-state index >= 15 is 0 Å². The van der Waals surface area contributed by atoms with E-state index in [9.17, 15) is 13.2 Å². The Balaban J connectivity index is 0.00000192. The number of hydrogen-bond acceptors (Lipinski definition) is 5. The lowest BCUT2D eigenvalue weighted by atomic mass is 10.1. The summed E-state index contributed by atoms with van der Waals surface area (Å²) in [5.74, 6) is 0. The molecule has 1 aliphatic heterocycles. The van der Waals surface area contributed by atoms with E-state index in [1.165, 1.54) is 0 Å². The van der Waals surface area contributed by atoms with Crippen LogP contribution in [0.4, 0.5) is 13.2 Å². The molecular formula is C14H16ClF3N4S. The molecular weight excluding hydrogens is 349 g/mol. The normalized spacial score (nSPS) is 19.3. The molecule has 0 bridgehead atoms. The number of nitrogens with zero attached hydrogens (tertiary/aromatic N) is 3. The largest absolute Gasteiger partial charge is 0.427 e. The average Bonchev–Trinajstić information content (AvgIpc) is 2.97. The Morgan fingerprint density at radius 3 is 2.83 bits per heavy atom. The molecule has 23 heavy (non-hydrogen) atoms. The zero-order chi connectivity index (χ0) is 15.6. The molecule has 3 heterocycles. The maximum Gasteiger partial charge on any atom is 0.427 e. The third-order valence-corrected chi connectivity index (χ3v) is 4.62. The lowest BCUT2D eigenvalue weighted by molar-refractivity contribution is -0.134. The fraction of sp³-hybridized carbons (Fsp3) is 0.429. The van der Waals surface area contributed by atoms with Crippen LogP contribution >= 0.6 is 23.7 Å². The molecule has 0 spiro atoms. The molecule has 0 aliphatic carbocycles. The van der Waals surface area contributed by atoms with Crippen LogP contribution in [0.2, 0.25) is 0 Å². The number of hydrogen-bond donors (Lipinski definition) is 1. The van der Waals surface area contributed by atoms with Gasteiger partial charge in [0.2, 0.25) is 0 Å². The van der Waals surface area contributed by atoms with Gasteiger partial charge in [-0.15, -0.1) is 23.7 Å². The summed E-state index contributed by atoms with van der Waals surface area (Å²) in [5.41, 5.74) is 1.06. The number of aromatic nitrogens is 2. The van der Waals surface area contributed by atoms with Crippen LogP contribution in [0.25, 0.3) is 0 Å². The van der Waals surface area contributed by atoms with Crippen LogP contribution in [0.1, 0.15) is 21.5 Å². The van der Waals surface area contributed by atoms with Crippen LogP contribution < -0.4 is 5.32 Å². The zero-order valence-electron chi connectivity index (χ0n) is 12.1. The van der Waals surface area contributed by atoms with Gasteiger partial charge in [-0.2, -0.15) is 13.2 Å². The van der Waals surface area contributed by atoms with Gasteiger partial charge in [-0.05, 0) is 11.6 Å². The van der Waals surface area contributed by atoms with Crippen molar-refractivity contribution < 1.29 is 13.2 Å². The number of alkyl halides is 3. The third-order valence-electron chi connectivity index (χ3n) is 3.59. The van der Waals surface area contributed by atoms with E-state index < -0.39 is 11.1 Å². The number of piperazine rings is 1. The van der Waals surface area contributed by atoms with Gasteiger partial charge in [0, 0.05) is 38.1 Å². The van der Waals surface area contributed by atoms with E-state index in [2.05, 4.69) is 20.2 Å². The van der Waals surface area contributed by atoms with E-state index in [1.54, 1.807) is 12.4 Å². The van der Waals surface area contributed by atoms with Crippen molar-refractivity contribution in [2.75, 3.05) is 19.6 Å². The highest BCUT2D eigenvalue weighted by atomic mass is 35.5. The molecule has 0 radical (unpaired) electrons. The minimum absolute atomic E-state index is 0. The van der Waals surface area contributed by atoms with Crippen LogP contribution in [0.15, 0.2) is 30.7 Å². The molecule has 1 saturated heterocycles. The van der Waals surface area contributed by atoms with Crippen LogP contribution in [0.5, 0.6) is 0 Å². The average molecular weight is 365 g/mol. The molecule has 0 saturated carbocycles. The van der Waals surface area contributed by atoms with E-state index in [4.69, 9.17) is 0 Å². The van der Waals surface area contributed by atoms with Crippen LogP contribution in [-0.2, 0) is 12.7 Å². The van der Waals surface area contributed by atoms with Gasteiger partial charge in [0.15, 0.2) is 0 Å². The molecule has 0 amide bonds. The topological polar surface area (TPSA) is 41.1 Å². The van der Waals surface area contributed by atoms with Gasteiger partial charge in [0.05, 0.1) is 12.7 Å². The maximum atomic E-state index is 12.7. The van der Waals surface area contributed by atoms with Gasteiger partial charge < -0.3 is 5.32 Å². The second-order valence-electron chi connectivity index (χ2n) is 5.09. The maximum absolute atomic E-state index is 12.7. The number of halogens is 4. The predicted octanol–water partition coefficient (Wildman–Crippen LogP) is 3.13. The fourth-order valence-corrected chi connectivity index (χ4v) is 3.34. The molecule has 2 aromatic heterocycles. The fourth-order valence-electron chi connectivity index (χ4n) is 2.53. The van der Waals surface area contributed by atoms with Gasteiger partial charge in [-0.3, -0.25) is 9.88 Å². The Bertz CT molecular complexity index is 620. The third kappa shape index (κ3) is 4.41. The highest BCUT2D eigenvalue weighted by Crippen LogP contribution is 2.34. The summed E-state index contributed by atoms with van der Waals surface area (Å²) in [6.07, 6.45) is 0.109. The molecule has 0 aromatic carbocycles. The van der Waals surface area contributed by atoms with Gasteiger partial charge in [0.25, 0.3) is 0 Å². The van der Waals surface area contributed by atoms with E-state index in [1.807, 2.05) is 12.1 Å². The summed E-state index contributed by atoms with van der Waals surface area (Å²) in [6.45, 7) is 2.75. The van der Waals surface area contributed by atoms with E-state index in [0.29, 0.717) is 22.9 Å². The standard InChI is InChI=1S/C14H15F3N4S.ClH/c15-14(16,17)12-8-20-13(22-12)9-21-5-4-19-7-11(21)10-2-1-3-18-6-10;/h1-3,6,8,11,19H,4-5,7,9H2;1H. The van der Waals surface area contributed by atoms with Crippen molar-refractivity contribution in [3.05, 3.63) is 46.2 Å². The number of nitrogens with one attached hydrogen (secondary N) is 1. The van der Waals surface area contributed by atoms with Gasteiger partial charge in [0.1, 0.15) is 9.88 Å². The molecule has 4 nitrogen and oxygen atoms in total. The predicted molar refractivity (Wildman–Crippen MR) is 84.6 cm³/mol. The van der Waals surface area contributed by atoms with Gasteiger partial charge >= 0.3 is 6.18 Å².